The van der Waals surface area contributed by atoms with Crippen LogP contribution in [0.25, 0.3) is 11.3 Å². The van der Waals surface area contributed by atoms with E-state index in [1.807, 2.05) is 29.1 Å². The highest BCUT2D eigenvalue weighted by Gasteiger charge is 2.23. The predicted octanol–water partition coefficient (Wildman–Crippen LogP) is 0.778. The molecule has 0 aromatic carbocycles. The smallest absolute Gasteiger partial charge is 0.279 e. The van der Waals surface area contributed by atoms with Gasteiger partial charge < -0.3 is 4.74 Å². The molecule has 1 aliphatic rings. The standard InChI is InChI=1S/C13H18N4O3S2/c18-22(19,17-6-8-20-9-7-17)14-3-5-16-4-1-13(15-16)12-2-10-21-11-12/h1-2,4,10-11,14H,3,5-9H2. The number of thiophene rings is 1. The average Bonchev–Trinajstić information content (AvgIpc) is 3.19. The second-order valence-electron chi connectivity index (χ2n) is 4.89. The Morgan fingerprint density at radius 2 is 2.14 bits per heavy atom. The zero-order valence-corrected chi connectivity index (χ0v) is 13.6. The molecule has 0 amide bonds. The van der Waals surface area contributed by atoms with E-state index in [1.54, 1.807) is 16.0 Å². The molecule has 0 saturated carbocycles. The number of rotatable bonds is 6. The molecule has 120 valence electrons. The van der Waals surface area contributed by atoms with Gasteiger partial charge >= 0.3 is 0 Å². The summed E-state index contributed by atoms with van der Waals surface area (Å²) in [6.45, 7) is 2.51. The number of hydrogen-bond acceptors (Lipinski definition) is 5. The molecule has 0 aliphatic carbocycles. The lowest BCUT2D eigenvalue weighted by molar-refractivity contribution is 0.0725. The molecule has 0 atom stereocenters. The zero-order chi connectivity index (χ0) is 15.4. The van der Waals surface area contributed by atoms with E-state index in [0.717, 1.165) is 11.3 Å². The molecule has 1 aliphatic heterocycles. The van der Waals surface area contributed by atoms with Crippen molar-refractivity contribution in [1.82, 2.24) is 18.8 Å². The second-order valence-corrected chi connectivity index (χ2v) is 7.42. The molecule has 9 heteroatoms. The maximum Gasteiger partial charge on any atom is 0.279 e. The van der Waals surface area contributed by atoms with Crippen LogP contribution in [-0.2, 0) is 21.5 Å². The van der Waals surface area contributed by atoms with Gasteiger partial charge in [-0.25, -0.2) is 4.72 Å². The lowest BCUT2D eigenvalue weighted by Crippen LogP contribution is -2.47. The molecule has 1 N–H and O–H groups in total. The van der Waals surface area contributed by atoms with Gasteiger partial charge in [-0.3, -0.25) is 4.68 Å². The van der Waals surface area contributed by atoms with E-state index in [0.29, 0.717) is 39.4 Å². The van der Waals surface area contributed by atoms with Gasteiger partial charge in [0.2, 0.25) is 0 Å². The monoisotopic (exact) mass is 342 g/mol. The quantitative estimate of drug-likeness (QED) is 0.842. The summed E-state index contributed by atoms with van der Waals surface area (Å²) < 4.78 is 35.1. The molecule has 2 aromatic rings. The molecule has 0 bridgehead atoms. The third-order valence-electron chi connectivity index (χ3n) is 3.39. The third-order valence-corrected chi connectivity index (χ3v) is 5.69. The number of ether oxygens (including phenoxy) is 1. The fourth-order valence-corrected chi connectivity index (χ4v) is 4.03. The molecule has 3 rings (SSSR count). The van der Waals surface area contributed by atoms with E-state index >= 15 is 0 Å². The average molecular weight is 342 g/mol. The highest BCUT2D eigenvalue weighted by molar-refractivity contribution is 7.87. The van der Waals surface area contributed by atoms with Crippen molar-refractivity contribution in [2.45, 2.75) is 6.54 Å². The highest BCUT2D eigenvalue weighted by Crippen LogP contribution is 2.19. The normalized spacial score (nSPS) is 16.9. The van der Waals surface area contributed by atoms with E-state index < -0.39 is 10.2 Å². The number of nitrogens with one attached hydrogen (secondary N) is 1. The Bertz CT molecular complexity index is 691. The molecule has 2 aromatic heterocycles. The second kappa shape index (κ2) is 6.88. The van der Waals surface area contributed by atoms with Crippen LogP contribution in [-0.4, -0.2) is 55.4 Å². The maximum atomic E-state index is 12.1. The number of nitrogens with zero attached hydrogens (tertiary/aromatic N) is 3. The summed E-state index contributed by atoms with van der Waals surface area (Å²) in [5.74, 6) is 0. The third kappa shape index (κ3) is 3.73. The van der Waals surface area contributed by atoms with Crippen molar-refractivity contribution in [3.05, 3.63) is 29.1 Å². The van der Waals surface area contributed by atoms with Gasteiger partial charge in [0.25, 0.3) is 10.2 Å². The summed E-state index contributed by atoms with van der Waals surface area (Å²) in [5, 5.41) is 8.48. The fourth-order valence-electron chi connectivity index (χ4n) is 2.22. The topological polar surface area (TPSA) is 76.5 Å². The van der Waals surface area contributed by atoms with Crippen LogP contribution in [0.2, 0.25) is 0 Å². The molecular weight excluding hydrogens is 324 g/mol. The van der Waals surface area contributed by atoms with Crippen LogP contribution in [0.3, 0.4) is 0 Å². The Hall–Kier alpha value is -1.26. The van der Waals surface area contributed by atoms with Crippen LogP contribution in [0.5, 0.6) is 0 Å². The SMILES string of the molecule is O=S(=O)(NCCn1ccc(-c2ccsc2)n1)N1CCOCC1. The van der Waals surface area contributed by atoms with Crippen LogP contribution >= 0.6 is 11.3 Å². The van der Waals surface area contributed by atoms with Crippen LogP contribution in [0.15, 0.2) is 29.1 Å². The van der Waals surface area contributed by atoms with Gasteiger partial charge in [-0.05, 0) is 17.5 Å². The molecule has 1 saturated heterocycles. The van der Waals surface area contributed by atoms with Crippen LogP contribution in [0, 0.1) is 0 Å². The van der Waals surface area contributed by atoms with E-state index in [9.17, 15) is 8.42 Å². The van der Waals surface area contributed by atoms with Crippen molar-refractivity contribution < 1.29 is 13.2 Å². The first-order chi connectivity index (χ1) is 10.6. The zero-order valence-electron chi connectivity index (χ0n) is 12.0. The van der Waals surface area contributed by atoms with E-state index in [4.69, 9.17) is 4.74 Å². The van der Waals surface area contributed by atoms with Gasteiger partial charge in [-0.1, -0.05) is 0 Å². The van der Waals surface area contributed by atoms with Gasteiger partial charge in [0.1, 0.15) is 0 Å². The first kappa shape index (κ1) is 15.6. The largest absolute Gasteiger partial charge is 0.379 e. The molecule has 1 fully saturated rings. The first-order valence-corrected chi connectivity index (χ1v) is 9.42. The van der Waals surface area contributed by atoms with Crippen molar-refractivity contribution in [3.8, 4) is 11.3 Å². The van der Waals surface area contributed by atoms with Crippen LogP contribution in [0.4, 0.5) is 0 Å². The predicted molar refractivity (Wildman–Crippen MR) is 84.9 cm³/mol. The maximum absolute atomic E-state index is 12.1. The van der Waals surface area contributed by atoms with Gasteiger partial charge in [0, 0.05) is 36.8 Å². The Morgan fingerprint density at radius 3 is 2.86 bits per heavy atom. The molecule has 0 unspecified atom stereocenters. The van der Waals surface area contributed by atoms with E-state index in [-0.39, 0.29) is 0 Å². The van der Waals surface area contributed by atoms with Crippen molar-refractivity contribution in [1.29, 1.82) is 0 Å². The first-order valence-electron chi connectivity index (χ1n) is 7.04. The minimum Gasteiger partial charge on any atom is -0.379 e. The minimum atomic E-state index is -3.43. The van der Waals surface area contributed by atoms with Crippen molar-refractivity contribution in [2.24, 2.45) is 0 Å². The van der Waals surface area contributed by atoms with Crippen molar-refractivity contribution >= 4 is 21.5 Å². The van der Waals surface area contributed by atoms with Gasteiger partial charge in [0.05, 0.1) is 25.5 Å². The van der Waals surface area contributed by atoms with Crippen molar-refractivity contribution in [2.75, 3.05) is 32.8 Å². The summed E-state index contributed by atoms with van der Waals surface area (Å²) in [7, 11) is -3.43. The highest BCUT2D eigenvalue weighted by atomic mass is 32.2. The molecule has 0 radical (unpaired) electrons. The number of aromatic nitrogens is 2. The van der Waals surface area contributed by atoms with Crippen LogP contribution in [0.1, 0.15) is 0 Å². The fraction of sp³-hybridized carbons (Fsp3) is 0.462. The molecule has 7 nitrogen and oxygen atoms in total. The van der Waals surface area contributed by atoms with E-state index in [1.165, 1.54) is 4.31 Å². The Balaban J connectivity index is 1.52. The molecular formula is C13H18N4O3S2. The number of morpholine rings is 1. The van der Waals surface area contributed by atoms with E-state index in [2.05, 4.69) is 9.82 Å². The Morgan fingerprint density at radius 1 is 1.32 bits per heavy atom. The summed E-state index contributed by atoms with van der Waals surface area (Å²) >= 11 is 1.62. The number of hydrogen-bond donors (Lipinski definition) is 1. The minimum absolute atomic E-state index is 0.310. The lowest BCUT2D eigenvalue weighted by Gasteiger charge is -2.26. The summed E-state index contributed by atoms with van der Waals surface area (Å²) in [6, 6.07) is 3.94. The summed E-state index contributed by atoms with van der Waals surface area (Å²) in [5.41, 5.74) is 1.98. The molecule has 0 spiro atoms. The van der Waals surface area contributed by atoms with Gasteiger partial charge in [-0.2, -0.15) is 29.2 Å². The van der Waals surface area contributed by atoms with Crippen molar-refractivity contribution in [3.63, 3.8) is 0 Å². The molecule has 22 heavy (non-hydrogen) atoms. The van der Waals surface area contributed by atoms with Gasteiger partial charge in [0.15, 0.2) is 0 Å². The molecule has 3 heterocycles. The Labute approximate surface area is 133 Å². The van der Waals surface area contributed by atoms with Crippen LogP contribution < -0.4 is 4.72 Å². The summed E-state index contributed by atoms with van der Waals surface area (Å²) in [4.78, 5) is 0. The summed E-state index contributed by atoms with van der Waals surface area (Å²) in [6.07, 6.45) is 1.86. The Kier molecular flexibility index (Phi) is 4.89. The lowest BCUT2D eigenvalue weighted by atomic mass is 10.2. The van der Waals surface area contributed by atoms with Gasteiger partial charge in [-0.15, -0.1) is 0 Å².